The second-order valence-electron chi connectivity index (χ2n) is 4.13. The molecule has 6 nitrogen and oxygen atoms in total. The number of nitrogens with zero attached hydrogens (tertiary/aromatic N) is 4. The number of anilines is 2. The lowest BCUT2D eigenvalue weighted by atomic mass is 10.00. The average molecular weight is 223 g/mol. The van der Waals surface area contributed by atoms with Gasteiger partial charge in [0, 0.05) is 33.2 Å². The minimum absolute atomic E-state index is 0.292. The zero-order chi connectivity index (χ0) is 11.5. The lowest BCUT2D eigenvalue weighted by Crippen LogP contribution is -2.20. The van der Waals surface area contributed by atoms with E-state index in [1.165, 1.54) is 0 Å². The normalized spacial score (nSPS) is 17.4. The van der Waals surface area contributed by atoms with Crippen LogP contribution < -0.4 is 10.6 Å². The van der Waals surface area contributed by atoms with Crippen LogP contribution in [0.4, 0.5) is 11.9 Å². The lowest BCUT2D eigenvalue weighted by Gasteiger charge is -2.21. The molecule has 0 bridgehead atoms. The molecule has 88 valence electrons. The molecule has 0 radical (unpaired) electrons. The summed E-state index contributed by atoms with van der Waals surface area (Å²) in [5, 5.41) is 0. The van der Waals surface area contributed by atoms with E-state index in [9.17, 15) is 0 Å². The number of nitrogens with two attached hydrogens (primary N) is 1. The predicted octanol–water partition coefficient (Wildman–Crippen LogP) is 0.414. The molecule has 1 aliphatic rings. The van der Waals surface area contributed by atoms with Gasteiger partial charge in [-0.1, -0.05) is 0 Å². The molecule has 0 unspecified atom stereocenters. The van der Waals surface area contributed by atoms with E-state index in [1.807, 2.05) is 19.0 Å². The molecule has 2 heterocycles. The monoisotopic (exact) mass is 223 g/mol. The number of nitrogen functional groups attached to an aromatic ring is 1. The van der Waals surface area contributed by atoms with Crippen LogP contribution in [0.1, 0.15) is 24.6 Å². The van der Waals surface area contributed by atoms with E-state index >= 15 is 0 Å². The van der Waals surface area contributed by atoms with Gasteiger partial charge < -0.3 is 15.4 Å². The van der Waals surface area contributed by atoms with Crippen molar-refractivity contribution in [2.75, 3.05) is 37.9 Å². The molecule has 0 atom stereocenters. The van der Waals surface area contributed by atoms with E-state index in [-0.39, 0.29) is 0 Å². The van der Waals surface area contributed by atoms with Crippen molar-refractivity contribution < 1.29 is 4.74 Å². The van der Waals surface area contributed by atoms with Crippen molar-refractivity contribution in [3.8, 4) is 0 Å². The summed E-state index contributed by atoms with van der Waals surface area (Å²) in [5.41, 5.74) is 5.68. The van der Waals surface area contributed by atoms with Crippen LogP contribution in [0.25, 0.3) is 0 Å². The Kier molecular flexibility index (Phi) is 3.19. The second kappa shape index (κ2) is 4.61. The highest BCUT2D eigenvalue weighted by atomic mass is 16.5. The van der Waals surface area contributed by atoms with Gasteiger partial charge in [0.05, 0.1) is 0 Å². The minimum Gasteiger partial charge on any atom is -0.381 e. The van der Waals surface area contributed by atoms with Crippen LogP contribution >= 0.6 is 0 Å². The zero-order valence-corrected chi connectivity index (χ0v) is 9.68. The first-order chi connectivity index (χ1) is 7.66. The summed E-state index contributed by atoms with van der Waals surface area (Å²) >= 11 is 0. The summed E-state index contributed by atoms with van der Waals surface area (Å²) in [6, 6.07) is 0. The fraction of sp³-hybridized carbons (Fsp3) is 0.700. The van der Waals surface area contributed by atoms with Crippen molar-refractivity contribution in [2.45, 2.75) is 18.8 Å². The average Bonchev–Trinajstić information content (AvgIpc) is 2.29. The molecule has 2 rings (SSSR count). The number of rotatable bonds is 2. The highest BCUT2D eigenvalue weighted by Crippen LogP contribution is 2.25. The third kappa shape index (κ3) is 2.38. The van der Waals surface area contributed by atoms with Crippen LogP contribution in [-0.2, 0) is 4.74 Å². The van der Waals surface area contributed by atoms with Crippen molar-refractivity contribution in [3.63, 3.8) is 0 Å². The number of ether oxygens (including phenoxy) is 1. The Bertz CT molecular complexity index is 362. The molecular formula is C10H17N5O. The molecule has 0 aliphatic carbocycles. The summed E-state index contributed by atoms with van der Waals surface area (Å²) < 4.78 is 5.32. The van der Waals surface area contributed by atoms with Gasteiger partial charge in [-0.05, 0) is 12.8 Å². The van der Waals surface area contributed by atoms with Gasteiger partial charge in [-0.2, -0.15) is 15.0 Å². The van der Waals surface area contributed by atoms with Crippen molar-refractivity contribution >= 4 is 11.9 Å². The summed E-state index contributed by atoms with van der Waals surface area (Å²) in [6.07, 6.45) is 1.91. The molecule has 16 heavy (non-hydrogen) atoms. The molecule has 1 aromatic rings. The van der Waals surface area contributed by atoms with Crippen LogP contribution in [0.2, 0.25) is 0 Å². The Balaban J connectivity index is 2.25. The third-order valence-electron chi connectivity index (χ3n) is 2.64. The fourth-order valence-corrected chi connectivity index (χ4v) is 1.74. The number of hydrogen-bond donors (Lipinski definition) is 1. The highest BCUT2D eigenvalue weighted by Gasteiger charge is 2.20. The fourth-order valence-electron chi connectivity index (χ4n) is 1.74. The van der Waals surface area contributed by atoms with Gasteiger partial charge in [-0.3, -0.25) is 0 Å². The Morgan fingerprint density at radius 3 is 2.50 bits per heavy atom. The summed E-state index contributed by atoms with van der Waals surface area (Å²) in [7, 11) is 3.78. The smallest absolute Gasteiger partial charge is 0.229 e. The molecular weight excluding hydrogens is 206 g/mol. The van der Waals surface area contributed by atoms with Gasteiger partial charge in [-0.25, -0.2) is 0 Å². The van der Waals surface area contributed by atoms with E-state index in [1.54, 1.807) is 0 Å². The van der Waals surface area contributed by atoms with Crippen LogP contribution in [-0.4, -0.2) is 42.3 Å². The maximum atomic E-state index is 5.68. The van der Waals surface area contributed by atoms with Crippen LogP contribution in [0.3, 0.4) is 0 Å². The minimum atomic E-state index is 0.292. The molecule has 1 fully saturated rings. The molecule has 6 heteroatoms. The highest BCUT2D eigenvalue weighted by molar-refractivity contribution is 5.33. The Morgan fingerprint density at radius 2 is 1.88 bits per heavy atom. The van der Waals surface area contributed by atoms with Crippen molar-refractivity contribution in [1.29, 1.82) is 0 Å². The van der Waals surface area contributed by atoms with E-state index in [2.05, 4.69) is 15.0 Å². The Morgan fingerprint density at radius 1 is 1.19 bits per heavy atom. The summed E-state index contributed by atoms with van der Waals surface area (Å²) in [4.78, 5) is 14.6. The SMILES string of the molecule is CN(C)c1nc(N)nc(C2CCOCC2)n1. The zero-order valence-electron chi connectivity index (χ0n) is 9.68. The van der Waals surface area contributed by atoms with Gasteiger partial charge in [0.15, 0.2) is 0 Å². The quantitative estimate of drug-likeness (QED) is 0.782. The Hall–Kier alpha value is -1.43. The molecule has 0 saturated carbocycles. The largest absolute Gasteiger partial charge is 0.381 e. The number of hydrogen-bond acceptors (Lipinski definition) is 6. The van der Waals surface area contributed by atoms with Gasteiger partial charge in [0.2, 0.25) is 11.9 Å². The molecule has 1 saturated heterocycles. The van der Waals surface area contributed by atoms with E-state index < -0.39 is 0 Å². The third-order valence-corrected chi connectivity index (χ3v) is 2.64. The van der Waals surface area contributed by atoms with Crippen LogP contribution in [0, 0.1) is 0 Å². The van der Waals surface area contributed by atoms with E-state index in [0.717, 1.165) is 31.9 Å². The predicted molar refractivity (Wildman–Crippen MR) is 61.4 cm³/mol. The lowest BCUT2D eigenvalue weighted by molar-refractivity contribution is 0.0836. The molecule has 0 spiro atoms. The summed E-state index contributed by atoms with van der Waals surface area (Å²) in [5.74, 6) is 2.05. The van der Waals surface area contributed by atoms with Gasteiger partial charge in [-0.15, -0.1) is 0 Å². The molecule has 1 aromatic heterocycles. The second-order valence-corrected chi connectivity index (χ2v) is 4.13. The van der Waals surface area contributed by atoms with Crippen molar-refractivity contribution in [2.24, 2.45) is 0 Å². The maximum Gasteiger partial charge on any atom is 0.229 e. The van der Waals surface area contributed by atoms with Crippen LogP contribution in [0.5, 0.6) is 0 Å². The molecule has 2 N–H and O–H groups in total. The molecule has 0 aromatic carbocycles. The van der Waals surface area contributed by atoms with E-state index in [0.29, 0.717) is 17.8 Å². The first-order valence-electron chi connectivity index (χ1n) is 5.43. The van der Waals surface area contributed by atoms with E-state index in [4.69, 9.17) is 10.5 Å². The number of aromatic nitrogens is 3. The van der Waals surface area contributed by atoms with Gasteiger partial charge in [0.1, 0.15) is 5.82 Å². The van der Waals surface area contributed by atoms with Gasteiger partial charge in [0.25, 0.3) is 0 Å². The Labute approximate surface area is 94.9 Å². The van der Waals surface area contributed by atoms with Gasteiger partial charge >= 0.3 is 0 Å². The standard InChI is InChI=1S/C10H17N5O/c1-15(2)10-13-8(12-9(11)14-10)7-3-5-16-6-4-7/h7H,3-6H2,1-2H3,(H2,11,12,13,14). The molecule has 0 amide bonds. The molecule has 1 aliphatic heterocycles. The maximum absolute atomic E-state index is 5.68. The van der Waals surface area contributed by atoms with Crippen molar-refractivity contribution in [1.82, 2.24) is 15.0 Å². The first kappa shape index (κ1) is 11.1. The topological polar surface area (TPSA) is 77.2 Å². The summed E-state index contributed by atoms with van der Waals surface area (Å²) in [6.45, 7) is 1.54. The van der Waals surface area contributed by atoms with Crippen molar-refractivity contribution in [3.05, 3.63) is 5.82 Å². The first-order valence-corrected chi connectivity index (χ1v) is 5.43. The van der Waals surface area contributed by atoms with Crippen LogP contribution in [0.15, 0.2) is 0 Å².